The lowest BCUT2D eigenvalue weighted by Gasteiger charge is -2.19. The fraction of sp³-hybridized carbons (Fsp3) is 0.333. The Morgan fingerprint density at radius 1 is 1.16 bits per heavy atom. The number of carbonyl (C=O) groups is 2. The van der Waals surface area contributed by atoms with Crippen LogP contribution in [-0.4, -0.2) is 28.5 Å². The van der Waals surface area contributed by atoms with Gasteiger partial charge in [-0.05, 0) is 29.2 Å². The molecule has 0 fully saturated rings. The Hall–Kier alpha value is -2.96. The molecule has 1 heterocycles. The van der Waals surface area contributed by atoms with Crippen LogP contribution in [-0.2, 0) is 21.5 Å². The molecule has 132 valence electrons. The molecule has 25 heavy (non-hydrogen) atoms. The molecule has 2 rings (SSSR count). The highest BCUT2D eigenvalue weighted by Gasteiger charge is 2.15. The van der Waals surface area contributed by atoms with Gasteiger partial charge in [0.1, 0.15) is 12.4 Å². The van der Waals surface area contributed by atoms with E-state index in [0.717, 1.165) is 10.1 Å². The van der Waals surface area contributed by atoms with Crippen LogP contribution >= 0.6 is 0 Å². The van der Waals surface area contributed by atoms with Crippen molar-refractivity contribution in [2.45, 2.75) is 32.7 Å². The highest BCUT2D eigenvalue weighted by Crippen LogP contribution is 2.22. The maximum atomic E-state index is 12.3. The van der Waals surface area contributed by atoms with Gasteiger partial charge < -0.3 is 10.1 Å². The van der Waals surface area contributed by atoms with Crippen molar-refractivity contribution in [3.8, 4) is 0 Å². The van der Waals surface area contributed by atoms with Crippen molar-refractivity contribution in [2.24, 2.45) is 0 Å². The molecule has 1 aromatic carbocycles. The molecule has 0 aliphatic rings. The van der Waals surface area contributed by atoms with Crippen LogP contribution < -0.4 is 11.0 Å². The number of benzene rings is 1. The highest BCUT2D eigenvalue weighted by atomic mass is 16.5. The molecule has 1 aromatic heterocycles. The molecular weight excluding hydrogens is 322 g/mol. The molecule has 0 atom stereocenters. The van der Waals surface area contributed by atoms with Crippen molar-refractivity contribution in [1.82, 2.24) is 9.55 Å². The summed E-state index contributed by atoms with van der Waals surface area (Å²) in [6.07, 6.45) is 1.38. The number of carbonyl (C=O) groups excluding carboxylic acids is 2. The number of rotatable bonds is 4. The van der Waals surface area contributed by atoms with Gasteiger partial charge in [0.05, 0.1) is 7.11 Å². The third-order valence-corrected chi connectivity index (χ3v) is 3.66. The molecule has 1 amide bonds. The maximum Gasteiger partial charge on any atom is 0.350 e. The minimum Gasteiger partial charge on any atom is -0.468 e. The molecule has 0 unspecified atom stereocenters. The first-order valence-electron chi connectivity index (χ1n) is 7.77. The van der Waals surface area contributed by atoms with E-state index < -0.39 is 11.7 Å². The summed E-state index contributed by atoms with van der Waals surface area (Å²) in [6, 6.07) is 8.71. The topological polar surface area (TPSA) is 90.3 Å². The monoisotopic (exact) mass is 343 g/mol. The second-order valence-corrected chi connectivity index (χ2v) is 6.58. The quantitative estimate of drug-likeness (QED) is 0.857. The number of nitrogens with zero attached hydrogens (tertiary/aromatic N) is 2. The molecule has 7 nitrogen and oxygen atoms in total. The number of amides is 1. The summed E-state index contributed by atoms with van der Waals surface area (Å²) < 4.78 is 5.60. The summed E-state index contributed by atoms with van der Waals surface area (Å²) in [5, 5.41) is 2.57. The predicted molar refractivity (Wildman–Crippen MR) is 93.6 cm³/mol. The first-order chi connectivity index (χ1) is 11.7. The normalized spacial score (nSPS) is 11.0. The molecule has 0 radical (unpaired) electrons. The summed E-state index contributed by atoms with van der Waals surface area (Å²) in [5.74, 6) is -0.797. The first kappa shape index (κ1) is 18.4. The maximum absolute atomic E-state index is 12.3. The van der Waals surface area contributed by atoms with Gasteiger partial charge in [0.2, 0.25) is 0 Å². The number of hydrogen-bond acceptors (Lipinski definition) is 5. The van der Waals surface area contributed by atoms with Crippen molar-refractivity contribution in [3.05, 3.63) is 58.1 Å². The van der Waals surface area contributed by atoms with Crippen molar-refractivity contribution >= 4 is 17.7 Å². The number of aromatic nitrogens is 2. The van der Waals surface area contributed by atoms with E-state index in [1.54, 1.807) is 12.1 Å². The van der Waals surface area contributed by atoms with Crippen LogP contribution in [0.15, 0.2) is 41.3 Å². The van der Waals surface area contributed by atoms with Crippen LogP contribution in [0.4, 0.5) is 5.82 Å². The van der Waals surface area contributed by atoms with E-state index in [1.165, 1.54) is 19.4 Å². The van der Waals surface area contributed by atoms with Gasteiger partial charge in [-0.3, -0.25) is 14.2 Å². The van der Waals surface area contributed by atoms with Crippen LogP contribution in [0.1, 0.15) is 36.7 Å². The van der Waals surface area contributed by atoms with Crippen LogP contribution in [0.5, 0.6) is 0 Å². The Labute approximate surface area is 145 Å². The molecule has 0 aliphatic heterocycles. The number of ether oxygens (including phenoxy) is 1. The smallest absolute Gasteiger partial charge is 0.350 e. The van der Waals surface area contributed by atoms with E-state index >= 15 is 0 Å². The van der Waals surface area contributed by atoms with Crippen molar-refractivity contribution < 1.29 is 14.3 Å². The summed E-state index contributed by atoms with van der Waals surface area (Å²) >= 11 is 0. The van der Waals surface area contributed by atoms with Gasteiger partial charge in [-0.15, -0.1) is 0 Å². The highest BCUT2D eigenvalue weighted by molar-refractivity contribution is 6.03. The number of nitrogens with one attached hydrogen (secondary N) is 1. The number of esters is 1. The zero-order valence-corrected chi connectivity index (χ0v) is 14.7. The van der Waals surface area contributed by atoms with Crippen molar-refractivity contribution in [1.29, 1.82) is 0 Å². The Morgan fingerprint density at radius 2 is 1.80 bits per heavy atom. The van der Waals surface area contributed by atoms with Crippen molar-refractivity contribution in [2.75, 3.05) is 12.4 Å². The van der Waals surface area contributed by atoms with E-state index in [0.29, 0.717) is 5.56 Å². The van der Waals surface area contributed by atoms with Gasteiger partial charge >= 0.3 is 11.7 Å². The zero-order valence-electron chi connectivity index (χ0n) is 14.7. The van der Waals surface area contributed by atoms with Crippen LogP contribution in [0.3, 0.4) is 0 Å². The lowest BCUT2D eigenvalue weighted by Crippen LogP contribution is -2.28. The molecule has 0 saturated carbocycles. The average molecular weight is 343 g/mol. The standard InChI is InChI=1S/C18H21N3O4/c1-18(2,3)13-7-5-12(6-8-13)16(23)19-14-9-10-21(17(24)20-14)11-15(22)25-4/h5-10H,11H2,1-4H3,(H,19,20,23,24). The number of methoxy groups -OCH3 is 1. The van der Waals surface area contributed by atoms with Gasteiger partial charge in [-0.2, -0.15) is 4.98 Å². The summed E-state index contributed by atoms with van der Waals surface area (Å²) in [7, 11) is 1.24. The van der Waals surface area contributed by atoms with Crippen LogP contribution in [0, 0.1) is 0 Å². The number of hydrogen-bond donors (Lipinski definition) is 1. The van der Waals surface area contributed by atoms with Crippen molar-refractivity contribution in [3.63, 3.8) is 0 Å². The molecule has 1 N–H and O–H groups in total. The molecule has 2 aromatic rings. The van der Waals surface area contributed by atoms with E-state index in [-0.39, 0.29) is 23.7 Å². The Balaban J connectivity index is 2.11. The van der Waals surface area contributed by atoms with E-state index in [9.17, 15) is 14.4 Å². The fourth-order valence-electron chi connectivity index (χ4n) is 2.13. The molecule has 0 bridgehead atoms. The fourth-order valence-corrected chi connectivity index (χ4v) is 2.13. The summed E-state index contributed by atoms with van der Waals surface area (Å²) in [5.41, 5.74) is 0.938. The zero-order chi connectivity index (χ0) is 18.6. The molecule has 0 spiro atoms. The van der Waals surface area contributed by atoms with Crippen LogP contribution in [0.2, 0.25) is 0 Å². The third-order valence-electron chi connectivity index (χ3n) is 3.66. The minimum atomic E-state index is -0.647. The van der Waals surface area contributed by atoms with Gasteiger partial charge in [-0.1, -0.05) is 32.9 Å². The van der Waals surface area contributed by atoms with Gasteiger partial charge in [0.15, 0.2) is 0 Å². The Kier molecular flexibility index (Phi) is 5.36. The largest absolute Gasteiger partial charge is 0.468 e. The van der Waals surface area contributed by atoms with Gasteiger partial charge in [-0.25, -0.2) is 4.79 Å². The Morgan fingerprint density at radius 3 is 2.32 bits per heavy atom. The average Bonchev–Trinajstić information content (AvgIpc) is 2.56. The lowest BCUT2D eigenvalue weighted by molar-refractivity contribution is -0.141. The summed E-state index contributed by atoms with van der Waals surface area (Å²) in [6.45, 7) is 6.05. The molecule has 0 aliphatic carbocycles. The predicted octanol–water partition coefficient (Wildman–Crippen LogP) is 1.97. The van der Waals surface area contributed by atoms with Gasteiger partial charge in [0, 0.05) is 11.8 Å². The minimum absolute atomic E-state index is 0.000707. The second kappa shape index (κ2) is 7.29. The molecular formula is C18H21N3O4. The van der Waals surface area contributed by atoms with E-state index in [2.05, 4.69) is 35.8 Å². The molecule has 0 saturated heterocycles. The Bertz CT molecular complexity index is 833. The number of anilines is 1. The van der Waals surface area contributed by atoms with Gasteiger partial charge in [0.25, 0.3) is 5.91 Å². The summed E-state index contributed by atoms with van der Waals surface area (Å²) in [4.78, 5) is 39.1. The lowest BCUT2D eigenvalue weighted by atomic mass is 9.87. The second-order valence-electron chi connectivity index (χ2n) is 6.58. The third kappa shape index (κ3) is 4.76. The first-order valence-corrected chi connectivity index (χ1v) is 7.77. The van der Waals surface area contributed by atoms with Crippen LogP contribution in [0.25, 0.3) is 0 Å². The van der Waals surface area contributed by atoms with E-state index in [1.807, 2.05) is 12.1 Å². The molecule has 7 heteroatoms. The van der Waals surface area contributed by atoms with E-state index in [4.69, 9.17) is 0 Å². The SMILES string of the molecule is COC(=O)Cn1ccc(NC(=O)c2ccc(C(C)(C)C)cc2)nc1=O.